The van der Waals surface area contributed by atoms with Crippen molar-refractivity contribution in [3.05, 3.63) is 43.8 Å². The number of thiocarbonyl (C=S) groups is 1. The lowest BCUT2D eigenvalue weighted by Crippen LogP contribution is -2.32. The molecule has 0 atom stereocenters. The largest absolute Gasteiger partial charge is 0.462 e. The molecule has 31 heavy (non-hydrogen) atoms. The predicted molar refractivity (Wildman–Crippen MR) is 125 cm³/mol. The van der Waals surface area contributed by atoms with Crippen LogP contribution in [0.4, 0.5) is 11.4 Å². The molecule has 2 rings (SSSR count). The number of hydrogen-bond donors (Lipinski definition) is 4. The van der Waals surface area contributed by atoms with Gasteiger partial charge in [-0.3, -0.25) is 9.36 Å². The number of aliphatic hydroxyl groups excluding tert-OH is 1. The Morgan fingerprint density at radius 2 is 2.00 bits per heavy atom. The Hall–Kier alpha value is -3.20. The summed E-state index contributed by atoms with van der Waals surface area (Å²) >= 11 is 6.16. The zero-order valence-electron chi connectivity index (χ0n) is 17.1. The number of aliphatic hydroxyl groups is 1. The van der Waals surface area contributed by atoms with E-state index in [1.807, 2.05) is 6.07 Å². The molecule has 0 aliphatic carbocycles. The van der Waals surface area contributed by atoms with E-state index in [0.29, 0.717) is 22.7 Å². The van der Waals surface area contributed by atoms with Gasteiger partial charge in [-0.15, -0.1) is 11.3 Å². The van der Waals surface area contributed by atoms with Crippen molar-refractivity contribution in [2.24, 2.45) is 0 Å². The molecule has 164 valence electrons. The van der Waals surface area contributed by atoms with Crippen molar-refractivity contribution < 1.29 is 14.6 Å². The summed E-state index contributed by atoms with van der Waals surface area (Å²) in [6, 6.07) is 9.05. The summed E-state index contributed by atoms with van der Waals surface area (Å²) in [5.41, 5.74) is 1.000. The van der Waals surface area contributed by atoms with E-state index < -0.39 is 5.97 Å². The summed E-state index contributed by atoms with van der Waals surface area (Å²) in [6.07, 6.45) is 1.54. The standard InChI is InChI=1S/C20H23N5O4S2/c1-3-25-17(27)16(31-18(25)15(11-21)19(28)29-4-2)12-23-13-5-7-14(8-6-13)24-20(30)22-9-10-26/h5-8,12,23,26H,3-4,9-10H2,1-2H3,(H2,22,24,30). The molecule has 0 bridgehead atoms. The van der Waals surface area contributed by atoms with Gasteiger partial charge in [-0.2, -0.15) is 5.26 Å². The number of rotatable bonds is 8. The lowest BCUT2D eigenvalue weighted by molar-refractivity contribution is -0.136. The molecular formula is C20H23N5O4S2. The molecule has 1 heterocycles. The van der Waals surface area contributed by atoms with E-state index in [-0.39, 0.29) is 29.0 Å². The zero-order chi connectivity index (χ0) is 22.8. The lowest BCUT2D eigenvalue weighted by atomic mass is 10.3. The molecule has 4 N–H and O–H groups in total. The predicted octanol–water partition coefficient (Wildman–Crippen LogP) is 0.296. The molecule has 2 aromatic rings. The smallest absolute Gasteiger partial charge is 0.351 e. The van der Waals surface area contributed by atoms with Crippen molar-refractivity contribution in [3.8, 4) is 6.07 Å². The number of carbonyl (C=O) groups is 1. The minimum Gasteiger partial charge on any atom is -0.462 e. The van der Waals surface area contributed by atoms with Crippen molar-refractivity contribution in [1.29, 1.82) is 5.26 Å². The molecule has 0 fully saturated rings. The Bertz CT molecular complexity index is 1150. The van der Waals surface area contributed by atoms with Gasteiger partial charge in [0.05, 0.1) is 13.2 Å². The minimum atomic E-state index is -0.748. The van der Waals surface area contributed by atoms with Crippen LogP contribution in [-0.2, 0) is 16.1 Å². The SMILES string of the molecule is CCOC(=O)C(C#N)=c1sc(=CNc2ccc(NC(=S)NCCO)cc2)c(=O)n1CC. The number of aromatic nitrogens is 1. The molecule has 0 aliphatic heterocycles. The van der Waals surface area contributed by atoms with Crippen LogP contribution in [0.5, 0.6) is 0 Å². The number of carbonyl (C=O) groups excluding carboxylic acids is 1. The van der Waals surface area contributed by atoms with E-state index >= 15 is 0 Å². The second kappa shape index (κ2) is 11.8. The van der Waals surface area contributed by atoms with Crippen molar-refractivity contribution in [1.82, 2.24) is 9.88 Å². The summed E-state index contributed by atoms with van der Waals surface area (Å²) in [5.74, 6) is -0.748. The summed E-state index contributed by atoms with van der Waals surface area (Å²) in [5, 5.41) is 27.5. The molecule has 11 heteroatoms. The van der Waals surface area contributed by atoms with Gasteiger partial charge in [0.25, 0.3) is 5.56 Å². The Labute approximate surface area is 188 Å². The van der Waals surface area contributed by atoms with E-state index in [1.54, 1.807) is 44.3 Å². The third kappa shape index (κ3) is 6.39. The number of benzene rings is 1. The molecule has 0 saturated heterocycles. The number of thiazole rings is 1. The van der Waals surface area contributed by atoms with Crippen molar-refractivity contribution in [2.45, 2.75) is 20.4 Å². The first-order valence-electron chi connectivity index (χ1n) is 9.48. The van der Waals surface area contributed by atoms with Crippen LogP contribution < -0.4 is 30.7 Å². The summed E-state index contributed by atoms with van der Waals surface area (Å²) in [6.45, 7) is 4.21. The Kier molecular flexibility index (Phi) is 9.20. The summed E-state index contributed by atoms with van der Waals surface area (Å²) in [7, 11) is 0. The number of nitrogens with zero attached hydrogens (tertiary/aromatic N) is 2. The first-order chi connectivity index (χ1) is 14.9. The monoisotopic (exact) mass is 461 g/mol. The topological polar surface area (TPSA) is 128 Å². The molecule has 0 unspecified atom stereocenters. The summed E-state index contributed by atoms with van der Waals surface area (Å²) in [4.78, 5) is 24.7. The maximum absolute atomic E-state index is 12.7. The van der Waals surface area contributed by atoms with E-state index in [1.165, 1.54) is 4.57 Å². The number of nitriles is 1. The van der Waals surface area contributed by atoms with E-state index in [9.17, 15) is 14.9 Å². The highest BCUT2D eigenvalue weighted by Crippen LogP contribution is 2.13. The second-order valence-corrected chi connectivity index (χ2v) is 7.44. The van der Waals surface area contributed by atoms with Crippen LogP contribution in [0.2, 0.25) is 0 Å². The van der Waals surface area contributed by atoms with Gasteiger partial charge in [0, 0.05) is 30.7 Å². The minimum absolute atomic E-state index is 0.0158. The fraction of sp³-hybridized carbons (Fsp3) is 0.300. The quantitative estimate of drug-likeness (QED) is 0.324. The van der Waals surface area contributed by atoms with Gasteiger partial charge in [0.15, 0.2) is 10.7 Å². The zero-order valence-corrected chi connectivity index (χ0v) is 18.7. The van der Waals surface area contributed by atoms with Crippen LogP contribution in [0.15, 0.2) is 29.1 Å². The lowest BCUT2D eigenvalue weighted by Gasteiger charge is -2.09. The third-order valence-corrected chi connectivity index (χ3v) is 5.32. The van der Waals surface area contributed by atoms with Crippen molar-refractivity contribution >= 4 is 57.8 Å². The molecule has 0 radical (unpaired) electrons. The number of hydrogen-bond acceptors (Lipinski definition) is 8. The number of esters is 1. The first-order valence-corrected chi connectivity index (χ1v) is 10.7. The van der Waals surface area contributed by atoms with Crippen molar-refractivity contribution in [3.63, 3.8) is 0 Å². The van der Waals surface area contributed by atoms with E-state index in [4.69, 9.17) is 22.1 Å². The van der Waals surface area contributed by atoms with Gasteiger partial charge < -0.3 is 25.8 Å². The van der Waals surface area contributed by atoms with Crippen LogP contribution in [0.25, 0.3) is 11.8 Å². The highest BCUT2D eigenvalue weighted by atomic mass is 32.1. The molecule has 9 nitrogen and oxygen atoms in total. The normalized spacial score (nSPS) is 12.0. The molecule has 0 spiro atoms. The highest BCUT2D eigenvalue weighted by Gasteiger charge is 2.16. The molecule has 0 saturated carbocycles. The van der Waals surface area contributed by atoms with Gasteiger partial charge >= 0.3 is 5.97 Å². The van der Waals surface area contributed by atoms with Gasteiger partial charge in [0.1, 0.15) is 15.3 Å². The Morgan fingerprint density at radius 3 is 2.58 bits per heavy atom. The van der Waals surface area contributed by atoms with E-state index in [0.717, 1.165) is 22.7 Å². The van der Waals surface area contributed by atoms with Gasteiger partial charge in [-0.25, -0.2) is 4.79 Å². The average molecular weight is 462 g/mol. The number of ether oxygens (including phenoxy) is 1. The maximum atomic E-state index is 12.7. The Balaban J connectivity index is 2.28. The summed E-state index contributed by atoms with van der Waals surface area (Å²) < 4.78 is 6.92. The molecule has 1 aromatic heterocycles. The van der Waals surface area contributed by atoms with Crippen molar-refractivity contribution in [2.75, 3.05) is 30.4 Å². The Morgan fingerprint density at radius 1 is 1.32 bits per heavy atom. The number of anilines is 2. The molecule has 0 amide bonds. The van der Waals surface area contributed by atoms with Crippen LogP contribution >= 0.6 is 23.6 Å². The van der Waals surface area contributed by atoms with Crippen LogP contribution in [0, 0.1) is 11.3 Å². The van der Waals surface area contributed by atoms with Crippen LogP contribution in [-0.4, -0.2) is 40.5 Å². The average Bonchev–Trinajstić information content (AvgIpc) is 3.07. The third-order valence-electron chi connectivity index (χ3n) is 3.94. The first kappa shape index (κ1) is 24.1. The molecule has 0 aliphatic rings. The van der Waals surface area contributed by atoms with E-state index in [2.05, 4.69) is 16.0 Å². The van der Waals surface area contributed by atoms with Crippen LogP contribution in [0.3, 0.4) is 0 Å². The van der Waals surface area contributed by atoms with Gasteiger partial charge in [0.2, 0.25) is 0 Å². The molecular weight excluding hydrogens is 438 g/mol. The van der Waals surface area contributed by atoms with Gasteiger partial charge in [-0.05, 0) is 50.3 Å². The highest BCUT2D eigenvalue weighted by molar-refractivity contribution is 7.80. The fourth-order valence-electron chi connectivity index (χ4n) is 2.52. The maximum Gasteiger partial charge on any atom is 0.351 e. The van der Waals surface area contributed by atoms with Gasteiger partial charge in [-0.1, -0.05) is 0 Å². The second-order valence-electron chi connectivity index (χ2n) is 6.00. The fourth-order valence-corrected chi connectivity index (χ4v) is 3.82. The molecule has 1 aromatic carbocycles. The number of nitrogens with one attached hydrogen (secondary N) is 3. The van der Waals surface area contributed by atoms with Crippen LogP contribution in [0.1, 0.15) is 13.8 Å².